The van der Waals surface area contributed by atoms with E-state index >= 15 is 0 Å². The van der Waals surface area contributed by atoms with Crippen molar-refractivity contribution >= 4 is 6.29 Å². The Kier molecular flexibility index (Phi) is 4.33. The number of para-hydroxylation sites is 1. The summed E-state index contributed by atoms with van der Waals surface area (Å²) in [6, 6.07) is 5.35. The lowest BCUT2D eigenvalue weighted by Crippen LogP contribution is -2.45. The lowest BCUT2D eigenvalue weighted by molar-refractivity contribution is 0.112. The largest absolute Gasteiger partial charge is 0.507 e. The predicted molar refractivity (Wildman–Crippen MR) is 71.1 cm³/mol. The number of piperazine rings is 1. The van der Waals surface area contributed by atoms with Crippen molar-refractivity contribution in [1.29, 1.82) is 0 Å². The van der Waals surface area contributed by atoms with Gasteiger partial charge in [-0.05, 0) is 25.1 Å². The Morgan fingerprint density at radius 2 is 2.00 bits per heavy atom. The molecule has 1 saturated heterocycles. The Balaban J connectivity index is 1.92. The summed E-state index contributed by atoms with van der Waals surface area (Å²) in [5.41, 5.74) is 1.24. The summed E-state index contributed by atoms with van der Waals surface area (Å²) in [4.78, 5) is 15.5. The van der Waals surface area contributed by atoms with Gasteiger partial charge in [-0.15, -0.1) is 0 Å². The molecule has 4 heteroatoms. The van der Waals surface area contributed by atoms with Crippen LogP contribution in [-0.4, -0.2) is 61.0 Å². The molecule has 0 atom stereocenters. The van der Waals surface area contributed by atoms with Crippen LogP contribution in [0.4, 0.5) is 0 Å². The van der Waals surface area contributed by atoms with Crippen molar-refractivity contribution in [3.8, 4) is 5.75 Å². The van der Waals surface area contributed by atoms with Gasteiger partial charge in [-0.25, -0.2) is 0 Å². The highest BCUT2D eigenvalue weighted by molar-refractivity contribution is 5.79. The van der Waals surface area contributed by atoms with Crippen LogP contribution in [0.5, 0.6) is 5.75 Å². The molecule has 1 aromatic carbocycles. The minimum Gasteiger partial charge on any atom is -0.507 e. The predicted octanol–water partition coefficient (Wildman–Crippen LogP) is 0.995. The summed E-state index contributed by atoms with van der Waals surface area (Å²) in [5, 5.41) is 9.90. The topological polar surface area (TPSA) is 43.8 Å². The first-order valence-corrected chi connectivity index (χ1v) is 6.37. The molecule has 0 amide bonds. The molecule has 18 heavy (non-hydrogen) atoms. The smallest absolute Gasteiger partial charge is 0.153 e. The third kappa shape index (κ3) is 3.09. The van der Waals surface area contributed by atoms with E-state index in [4.69, 9.17) is 0 Å². The number of aromatic hydroxyl groups is 1. The van der Waals surface area contributed by atoms with Crippen molar-refractivity contribution in [1.82, 2.24) is 9.80 Å². The van der Waals surface area contributed by atoms with Crippen LogP contribution in [0, 0.1) is 0 Å². The first-order valence-electron chi connectivity index (χ1n) is 6.37. The van der Waals surface area contributed by atoms with E-state index < -0.39 is 0 Å². The number of hydrogen-bond donors (Lipinski definition) is 1. The van der Waals surface area contributed by atoms with Crippen molar-refractivity contribution in [2.75, 3.05) is 39.8 Å². The highest BCUT2D eigenvalue weighted by Gasteiger charge is 2.14. The third-order valence-corrected chi connectivity index (χ3v) is 3.57. The van der Waals surface area contributed by atoms with E-state index in [0.717, 1.165) is 44.7 Å². The molecule has 0 spiro atoms. The average molecular weight is 248 g/mol. The summed E-state index contributed by atoms with van der Waals surface area (Å²) < 4.78 is 0. The summed E-state index contributed by atoms with van der Waals surface area (Å²) in [6.45, 7) is 5.28. The van der Waals surface area contributed by atoms with Gasteiger partial charge in [0.1, 0.15) is 5.75 Å². The van der Waals surface area contributed by atoms with Gasteiger partial charge in [0.15, 0.2) is 6.29 Å². The van der Waals surface area contributed by atoms with E-state index in [-0.39, 0.29) is 5.75 Å². The van der Waals surface area contributed by atoms with Gasteiger partial charge in [-0.1, -0.05) is 12.1 Å². The average Bonchev–Trinajstić information content (AvgIpc) is 2.39. The minimum atomic E-state index is 0.140. The molecule has 98 valence electrons. The fourth-order valence-corrected chi connectivity index (χ4v) is 2.26. The second-order valence-electron chi connectivity index (χ2n) is 4.87. The van der Waals surface area contributed by atoms with E-state index in [9.17, 15) is 9.90 Å². The van der Waals surface area contributed by atoms with Crippen LogP contribution < -0.4 is 0 Å². The minimum absolute atomic E-state index is 0.140. The molecular formula is C14H20N2O2. The normalized spacial score (nSPS) is 17.8. The maximum Gasteiger partial charge on any atom is 0.153 e. The van der Waals surface area contributed by atoms with Crippen molar-refractivity contribution in [2.24, 2.45) is 0 Å². The Morgan fingerprint density at radius 3 is 2.67 bits per heavy atom. The molecular weight excluding hydrogens is 228 g/mol. The van der Waals surface area contributed by atoms with Gasteiger partial charge in [0, 0.05) is 32.7 Å². The van der Waals surface area contributed by atoms with E-state index in [1.165, 1.54) is 0 Å². The molecule has 1 aliphatic rings. The van der Waals surface area contributed by atoms with Crippen molar-refractivity contribution in [3.63, 3.8) is 0 Å². The number of benzene rings is 1. The number of carbonyl (C=O) groups excluding carboxylic acids is 1. The Morgan fingerprint density at radius 1 is 1.28 bits per heavy atom. The first-order chi connectivity index (χ1) is 8.70. The molecule has 1 aliphatic heterocycles. The van der Waals surface area contributed by atoms with Crippen molar-refractivity contribution in [2.45, 2.75) is 6.42 Å². The molecule has 1 heterocycles. The second kappa shape index (κ2) is 5.98. The van der Waals surface area contributed by atoms with Gasteiger partial charge >= 0.3 is 0 Å². The number of phenols is 1. The molecule has 4 nitrogen and oxygen atoms in total. The monoisotopic (exact) mass is 248 g/mol. The molecule has 0 unspecified atom stereocenters. The lowest BCUT2D eigenvalue weighted by Gasteiger charge is -2.32. The number of aldehydes is 1. The Bertz CT molecular complexity index is 412. The molecule has 0 aliphatic carbocycles. The number of rotatable bonds is 4. The van der Waals surface area contributed by atoms with Crippen LogP contribution in [0.2, 0.25) is 0 Å². The number of likely N-dealkylation sites (N-methyl/N-ethyl adjacent to an activating group) is 1. The maximum atomic E-state index is 10.7. The molecule has 0 saturated carbocycles. The molecule has 2 rings (SSSR count). The number of carbonyl (C=O) groups is 1. The SMILES string of the molecule is CN1CCN(CCc2cccc(C=O)c2O)CC1. The molecule has 0 aromatic heterocycles. The van der Waals surface area contributed by atoms with Crippen LogP contribution in [0.3, 0.4) is 0 Å². The Labute approximate surface area is 108 Å². The summed E-state index contributed by atoms with van der Waals surface area (Å²) >= 11 is 0. The fraction of sp³-hybridized carbons (Fsp3) is 0.500. The van der Waals surface area contributed by atoms with Gasteiger partial charge in [0.2, 0.25) is 0 Å². The first kappa shape index (κ1) is 13.1. The molecule has 1 N–H and O–H groups in total. The lowest BCUT2D eigenvalue weighted by atomic mass is 10.1. The third-order valence-electron chi connectivity index (χ3n) is 3.57. The fourth-order valence-electron chi connectivity index (χ4n) is 2.26. The van der Waals surface area contributed by atoms with E-state index in [1.54, 1.807) is 6.07 Å². The Hall–Kier alpha value is -1.39. The zero-order valence-electron chi connectivity index (χ0n) is 10.8. The highest BCUT2D eigenvalue weighted by Crippen LogP contribution is 2.21. The number of hydrogen-bond acceptors (Lipinski definition) is 4. The quantitative estimate of drug-likeness (QED) is 0.807. The molecule has 0 radical (unpaired) electrons. The van der Waals surface area contributed by atoms with Crippen LogP contribution in [0.1, 0.15) is 15.9 Å². The van der Waals surface area contributed by atoms with Crippen LogP contribution in [-0.2, 0) is 6.42 Å². The van der Waals surface area contributed by atoms with Gasteiger partial charge in [-0.3, -0.25) is 4.79 Å². The van der Waals surface area contributed by atoms with Gasteiger partial charge < -0.3 is 14.9 Å². The highest BCUT2D eigenvalue weighted by atomic mass is 16.3. The molecule has 0 bridgehead atoms. The van der Waals surface area contributed by atoms with Gasteiger partial charge in [0.25, 0.3) is 0 Å². The van der Waals surface area contributed by atoms with Gasteiger partial charge in [0.05, 0.1) is 5.56 Å². The maximum absolute atomic E-state index is 10.7. The number of nitrogens with zero attached hydrogens (tertiary/aromatic N) is 2. The van der Waals surface area contributed by atoms with Crippen molar-refractivity contribution < 1.29 is 9.90 Å². The molecule has 1 aromatic rings. The van der Waals surface area contributed by atoms with Crippen LogP contribution in [0.25, 0.3) is 0 Å². The number of phenolic OH excluding ortho intramolecular Hbond substituents is 1. The second-order valence-corrected chi connectivity index (χ2v) is 4.87. The zero-order valence-corrected chi connectivity index (χ0v) is 10.8. The van der Waals surface area contributed by atoms with Crippen LogP contribution >= 0.6 is 0 Å². The summed E-state index contributed by atoms with van der Waals surface area (Å²) in [6.07, 6.45) is 1.49. The van der Waals surface area contributed by atoms with E-state index in [0.29, 0.717) is 11.8 Å². The standard InChI is InChI=1S/C14H20N2O2/c1-15-7-9-16(10-8-15)6-5-12-3-2-4-13(11-17)14(12)18/h2-4,11,18H,5-10H2,1H3. The summed E-state index contributed by atoms with van der Waals surface area (Å²) in [5.74, 6) is 0.140. The van der Waals surface area contributed by atoms with E-state index in [1.807, 2.05) is 12.1 Å². The zero-order chi connectivity index (χ0) is 13.0. The van der Waals surface area contributed by atoms with Crippen molar-refractivity contribution in [3.05, 3.63) is 29.3 Å². The van der Waals surface area contributed by atoms with E-state index in [2.05, 4.69) is 16.8 Å². The molecule has 1 fully saturated rings. The van der Waals surface area contributed by atoms with Gasteiger partial charge in [-0.2, -0.15) is 0 Å². The summed E-state index contributed by atoms with van der Waals surface area (Å²) in [7, 11) is 2.14. The van der Waals surface area contributed by atoms with Crippen LogP contribution in [0.15, 0.2) is 18.2 Å².